The van der Waals surface area contributed by atoms with Crippen LogP contribution in [-0.2, 0) is 4.79 Å². The highest BCUT2D eigenvalue weighted by Crippen LogP contribution is 2.26. The van der Waals surface area contributed by atoms with Gasteiger partial charge in [0.2, 0.25) is 0 Å². The van der Waals surface area contributed by atoms with E-state index in [9.17, 15) is 14.0 Å². The van der Waals surface area contributed by atoms with E-state index in [-0.39, 0.29) is 23.9 Å². The second-order valence-corrected chi connectivity index (χ2v) is 9.03. The minimum Gasteiger partial charge on any atom is -0.483 e. The van der Waals surface area contributed by atoms with Crippen molar-refractivity contribution in [2.75, 3.05) is 11.9 Å². The number of para-hydroxylation sites is 2. The average Bonchev–Trinajstić information content (AvgIpc) is 3.31. The van der Waals surface area contributed by atoms with Crippen molar-refractivity contribution in [1.82, 2.24) is 9.38 Å². The monoisotopic (exact) mass is 523 g/mol. The molecule has 1 N–H and O–H groups in total. The second-order valence-electron chi connectivity index (χ2n) is 7.17. The lowest BCUT2D eigenvalue weighted by atomic mass is 10.2. The zero-order valence-electron chi connectivity index (χ0n) is 16.9. The number of anilines is 1. The number of fused-ring (bicyclic) bond motifs is 3. The molecule has 164 valence electrons. The maximum absolute atomic E-state index is 13.0. The number of carbonyl (C=O) groups is 1. The molecular formula is C24H15BrFN3O3S. The molecule has 5 rings (SSSR count). The number of imidazole rings is 1. The first kappa shape index (κ1) is 21.3. The number of nitrogens with zero attached hydrogens (tertiary/aromatic N) is 2. The predicted octanol–water partition coefficient (Wildman–Crippen LogP) is 4.38. The summed E-state index contributed by atoms with van der Waals surface area (Å²) < 4.78 is 21.4. The number of aromatic nitrogens is 2. The summed E-state index contributed by atoms with van der Waals surface area (Å²) in [7, 11) is 0. The number of hydrogen-bond acceptors (Lipinski definition) is 5. The normalized spacial score (nSPS) is 11.9. The third-order valence-electron chi connectivity index (χ3n) is 4.89. The first-order valence-corrected chi connectivity index (χ1v) is 11.5. The summed E-state index contributed by atoms with van der Waals surface area (Å²) in [5.41, 5.74) is 2.75. The lowest BCUT2D eigenvalue weighted by molar-refractivity contribution is -0.118. The van der Waals surface area contributed by atoms with Gasteiger partial charge in [-0.15, -0.1) is 0 Å². The Morgan fingerprint density at radius 2 is 1.94 bits per heavy atom. The minimum atomic E-state index is -0.376. The van der Waals surface area contributed by atoms with Crippen LogP contribution in [0.1, 0.15) is 5.56 Å². The van der Waals surface area contributed by atoms with Gasteiger partial charge in [0.05, 0.1) is 20.0 Å². The molecule has 0 radical (unpaired) electrons. The topological polar surface area (TPSA) is 72.7 Å². The maximum Gasteiger partial charge on any atom is 0.274 e. The quantitative estimate of drug-likeness (QED) is 0.371. The molecule has 3 aromatic carbocycles. The van der Waals surface area contributed by atoms with Crippen LogP contribution < -0.4 is 20.1 Å². The van der Waals surface area contributed by atoms with Gasteiger partial charge >= 0.3 is 0 Å². The molecule has 0 aliphatic carbocycles. The van der Waals surface area contributed by atoms with Crippen molar-refractivity contribution >= 4 is 60.9 Å². The Morgan fingerprint density at radius 1 is 1.15 bits per heavy atom. The van der Waals surface area contributed by atoms with Crippen molar-refractivity contribution in [3.05, 3.63) is 97.5 Å². The molecule has 2 aromatic heterocycles. The van der Waals surface area contributed by atoms with E-state index in [1.165, 1.54) is 35.6 Å². The highest BCUT2D eigenvalue weighted by atomic mass is 79.9. The molecule has 1 amide bonds. The molecule has 0 fully saturated rings. The lowest BCUT2D eigenvalue weighted by Gasteiger charge is -2.09. The van der Waals surface area contributed by atoms with Gasteiger partial charge in [0.1, 0.15) is 11.6 Å². The van der Waals surface area contributed by atoms with E-state index in [1.54, 1.807) is 22.6 Å². The Labute approximate surface area is 199 Å². The number of benzene rings is 3. The first-order valence-electron chi connectivity index (χ1n) is 9.87. The van der Waals surface area contributed by atoms with Crippen LogP contribution in [0.5, 0.6) is 5.75 Å². The largest absolute Gasteiger partial charge is 0.483 e. The molecule has 0 unspecified atom stereocenters. The molecule has 5 aromatic rings. The second kappa shape index (κ2) is 8.76. The van der Waals surface area contributed by atoms with E-state index in [0.29, 0.717) is 25.4 Å². The maximum atomic E-state index is 13.0. The van der Waals surface area contributed by atoms with Crippen LogP contribution in [0.25, 0.3) is 22.1 Å². The Hall–Kier alpha value is -3.56. The summed E-state index contributed by atoms with van der Waals surface area (Å²) in [6, 6.07) is 18.4. The van der Waals surface area contributed by atoms with Crippen molar-refractivity contribution in [1.29, 1.82) is 0 Å². The van der Waals surface area contributed by atoms with Crippen LogP contribution in [0, 0.1) is 5.82 Å². The third kappa shape index (κ3) is 4.37. The highest BCUT2D eigenvalue weighted by Gasteiger charge is 2.11. The fourth-order valence-corrected chi connectivity index (χ4v) is 4.86. The Kier molecular flexibility index (Phi) is 5.65. The molecule has 33 heavy (non-hydrogen) atoms. The van der Waals surface area contributed by atoms with Gasteiger partial charge in [-0.1, -0.05) is 29.5 Å². The number of carbonyl (C=O) groups excluding carboxylic acids is 1. The third-order valence-corrected chi connectivity index (χ3v) is 6.47. The van der Waals surface area contributed by atoms with Gasteiger partial charge in [0, 0.05) is 5.69 Å². The Morgan fingerprint density at radius 3 is 2.73 bits per heavy atom. The lowest BCUT2D eigenvalue weighted by Crippen LogP contribution is -2.22. The standard InChI is InChI=1S/C24H15BrFN3O3S/c25-17-11-14(5-10-20(17)32-13-22(30)27-16-8-6-15(26)7-9-16)12-21-23(31)29-19-4-2-1-3-18(19)28-24(29)33-21/h1-12H,13H2,(H,27,30). The van der Waals surface area contributed by atoms with Crippen molar-refractivity contribution < 1.29 is 13.9 Å². The summed E-state index contributed by atoms with van der Waals surface area (Å²) >= 11 is 4.78. The van der Waals surface area contributed by atoms with Crippen molar-refractivity contribution in [3.8, 4) is 5.75 Å². The smallest absolute Gasteiger partial charge is 0.274 e. The van der Waals surface area contributed by atoms with Crippen LogP contribution in [0.4, 0.5) is 10.1 Å². The average molecular weight is 524 g/mol. The van der Waals surface area contributed by atoms with Gasteiger partial charge in [-0.2, -0.15) is 0 Å². The van der Waals surface area contributed by atoms with Gasteiger partial charge in [-0.05, 0) is 76.1 Å². The number of thiazole rings is 1. The SMILES string of the molecule is O=C(COc1ccc(C=c2sc3nc4ccccc4n3c2=O)cc1Br)Nc1ccc(F)cc1. The molecule has 0 aliphatic rings. The van der Waals surface area contributed by atoms with E-state index in [4.69, 9.17) is 4.74 Å². The summed E-state index contributed by atoms with van der Waals surface area (Å²) in [6.07, 6.45) is 1.80. The fraction of sp³-hybridized carbons (Fsp3) is 0.0417. The zero-order chi connectivity index (χ0) is 22.9. The van der Waals surface area contributed by atoms with Crippen molar-refractivity contribution in [2.45, 2.75) is 0 Å². The predicted molar refractivity (Wildman–Crippen MR) is 130 cm³/mol. The van der Waals surface area contributed by atoms with Crippen LogP contribution in [0.2, 0.25) is 0 Å². The van der Waals surface area contributed by atoms with E-state index >= 15 is 0 Å². The number of ether oxygens (including phenoxy) is 1. The molecule has 0 saturated carbocycles. The van der Waals surface area contributed by atoms with Crippen LogP contribution in [0.3, 0.4) is 0 Å². The number of halogens is 2. The Balaban J connectivity index is 1.33. The summed E-state index contributed by atoms with van der Waals surface area (Å²) in [5, 5.41) is 2.64. The van der Waals surface area contributed by atoms with Crippen LogP contribution in [0.15, 0.2) is 76.0 Å². The van der Waals surface area contributed by atoms with E-state index in [1.807, 2.05) is 30.3 Å². The molecule has 2 heterocycles. The van der Waals surface area contributed by atoms with E-state index in [2.05, 4.69) is 26.2 Å². The number of nitrogens with one attached hydrogen (secondary N) is 1. The summed E-state index contributed by atoms with van der Waals surface area (Å²) in [6.45, 7) is -0.209. The molecule has 9 heteroatoms. The number of rotatable bonds is 5. The van der Waals surface area contributed by atoms with Crippen molar-refractivity contribution in [3.63, 3.8) is 0 Å². The molecule has 0 saturated heterocycles. The highest BCUT2D eigenvalue weighted by molar-refractivity contribution is 9.10. The molecular weight excluding hydrogens is 509 g/mol. The van der Waals surface area contributed by atoms with Gasteiger partial charge < -0.3 is 10.1 Å². The molecule has 6 nitrogen and oxygen atoms in total. The number of amides is 1. The van der Waals surface area contributed by atoms with Crippen LogP contribution >= 0.6 is 27.3 Å². The van der Waals surface area contributed by atoms with Gasteiger partial charge in [0.15, 0.2) is 11.6 Å². The molecule has 0 atom stereocenters. The minimum absolute atomic E-state index is 0.113. The summed E-state index contributed by atoms with van der Waals surface area (Å²) in [5.74, 6) is -0.260. The van der Waals surface area contributed by atoms with Gasteiger partial charge in [0.25, 0.3) is 11.5 Å². The van der Waals surface area contributed by atoms with Crippen LogP contribution in [-0.4, -0.2) is 21.9 Å². The Bertz CT molecular complexity index is 1610. The number of hydrogen-bond donors (Lipinski definition) is 1. The zero-order valence-corrected chi connectivity index (χ0v) is 19.3. The fourth-order valence-electron chi connectivity index (χ4n) is 3.36. The van der Waals surface area contributed by atoms with E-state index in [0.717, 1.165) is 16.6 Å². The van der Waals surface area contributed by atoms with Gasteiger partial charge in [-0.3, -0.25) is 9.59 Å². The summed E-state index contributed by atoms with van der Waals surface area (Å²) in [4.78, 5) is 30.2. The molecule has 0 spiro atoms. The van der Waals surface area contributed by atoms with E-state index < -0.39 is 0 Å². The molecule has 0 aliphatic heterocycles. The first-order chi connectivity index (χ1) is 16.0. The van der Waals surface area contributed by atoms with Crippen molar-refractivity contribution in [2.24, 2.45) is 0 Å². The molecule has 0 bridgehead atoms. The van der Waals surface area contributed by atoms with Gasteiger partial charge in [-0.25, -0.2) is 13.8 Å².